The van der Waals surface area contributed by atoms with Crippen LogP contribution in [0.3, 0.4) is 0 Å². The maximum Gasteiger partial charge on any atom is 0.146 e. The lowest BCUT2D eigenvalue weighted by atomic mass is 9.80. The maximum absolute atomic E-state index is 14.5. The van der Waals surface area contributed by atoms with E-state index >= 15 is 0 Å². The van der Waals surface area contributed by atoms with E-state index in [1.165, 1.54) is 0 Å². The van der Waals surface area contributed by atoms with Crippen molar-refractivity contribution in [3.8, 4) is 0 Å². The lowest BCUT2D eigenvalue weighted by molar-refractivity contribution is 0.263. The molecular formula is C18H29FN2. The van der Waals surface area contributed by atoms with Crippen molar-refractivity contribution in [1.29, 1.82) is 0 Å². The molecule has 1 aromatic carbocycles. The Morgan fingerprint density at radius 3 is 2.67 bits per heavy atom. The first-order valence-corrected chi connectivity index (χ1v) is 8.11. The predicted molar refractivity (Wildman–Crippen MR) is 88.3 cm³/mol. The predicted octanol–water partition coefficient (Wildman–Crippen LogP) is 4.37. The van der Waals surface area contributed by atoms with Crippen molar-refractivity contribution in [2.45, 2.75) is 47.1 Å². The van der Waals surface area contributed by atoms with E-state index < -0.39 is 0 Å². The maximum atomic E-state index is 14.5. The van der Waals surface area contributed by atoms with Crippen molar-refractivity contribution in [2.24, 2.45) is 11.3 Å². The molecule has 2 nitrogen and oxygen atoms in total. The van der Waals surface area contributed by atoms with Gasteiger partial charge < -0.3 is 10.2 Å². The molecule has 1 heterocycles. The number of hydrogen-bond donors (Lipinski definition) is 1. The van der Waals surface area contributed by atoms with Crippen LogP contribution >= 0.6 is 0 Å². The molecule has 0 aromatic heterocycles. The smallest absolute Gasteiger partial charge is 0.146 e. The molecule has 2 atom stereocenters. The Bertz CT molecular complexity index is 479. The van der Waals surface area contributed by atoms with E-state index in [2.05, 4.69) is 50.9 Å². The summed E-state index contributed by atoms with van der Waals surface area (Å²) < 4.78 is 14.5. The van der Waals surface area contributed by atoms with Gasteiger partial charge in [0.1, 0.15) is 5.82 Å². The molecule has 0 radical (unpaired) electrons. The third-order valence-corrected chi connectivity index (χ3v) is 4.72. The fourth-order valence-electron chi connectivity index (χ4n) is 3.30. The van der Waals surface area contributed by atoms with Crippen LogP contribution in [0.5, 0.6) is 0 Å². The molecule has 1 saturated heterocycles. The zero-order valence-corrected chi connectivity index (χ0v) is 14.0. The first-order valence-electron chi connectivity index (χ1n) is 8.11. The molecular weight excluding hydrogens is 263 g/mol. The first-order chi connectivity index (χ1) is 9.84. The summed E-state index contributed by atoms with van der Waals surface area (Å²) in [6.45, 7) is 13.8. The van der Waals surface area contributed by atoms with E-state index in [0.29, 0.717) is 5.92 Å². The standard InChI is InChI=1S/C18H29FN2/c1-6-20-13(2)15-8-7-9-16(19)17(15)21-11-10-14(12-21)18(3,4)5/h7-9,13-14,20H,6,10-12H2,1-5H3. The molecule has 1 aliphatic rings. The van der Waals surface area contributed by atoms with Crippen molar-refractivity contribution < 1.29 is 4.39 Å². The van der Waals surface area contributed by atoms with Gasteiger partial charge in [-0.15, -0.1) is 0 Å². The Morgan fingerprint density at radius 2 is 2.10 bits per heavy atom. The van der Waals surface area contributed by atoms with Gasteiger partial charge in [0.15, 0.2) is 0 Å². The third kappa shape index (κ3) is 3.57. The van der Waals surface area contributed by atoms with Crippen molar-refractivity contribution in [1.82, 2.24) is 5.32 Å². The summed E-state index contributed by atoms with van der Waals surface area (Å²) in [5.74, 6) is 0.534. The average molecular weight is 292 g/mol. The highest BCUT2D eigenvalue weighted by Gasteiger charge is 2.33. The van der Waals surface area contributed by atoms with Crippen molar-refractivity contribution in [3.05, 3.63) is 29.6 Å². The van der Waals surface area contributed by atoms with Gasteiger partial charge in [0.25, 0.3) is 0 Å². The van der Waals surface area contributed by atoms with Gasteiger partial charge in [0.2, 0.25) is 0 Å². The van der Waals surface area contributed by atoms with Crippen LogP contribution in [0.1, 0.15) is 52.6 Å². The van der Waals surface area contributed by atoms with Crippen LogP contribution in [-0.2, 0) is 0 Å². The lowest BCUT2D eigenvalue weighted by Crippen LogP contribution is -2.28. The minimum absolute atomic E-state index is 0.0909. The van der Waals surface area contributed by atoms with E-state index in [0.717, 1.165) is 37.3 Å². The number of para-hydroxylation sites is 1. The van der Waals surface area contributed by atoms with Crippen molar-refractivity contribution >= 4 is 5.69 Å². The number of nitrogens with one attached hydrogen (secondary N) is 1. The summed E-state index contributed by atoms with van der Waals surface area (Å²) in [7, 11) is 0. The highest BCUT2D eigenvalue weighted by atomic mass is 19.1. The van der Waals surface area contributed by atoms with Gasteiger partial charge in [-0.1, -0.05) is 39.8 Å². The topological polar surface area (TPSA) is 15.3 Å². The largest absolute Gasteiger partial charge is 0.369 e. The van der Waals surface area contributed by atoms with Gasteiger partial charge in [0, 0.05) is 19.1 Å². The fourth-order valence-corrected chi connectivity index (χ4v) is 3.30. The Labute approximate surface area is 128 Å². The summed E-state index contributed by atoms with van der Waals surface area (Å²) in [4.78, 5) is 2.24. The molecule has 0 saturated carbocycles. The quantitative estimate of drug-likeness (QED) is 0.886. The number of benzene rings is 1. The van der Waals surface area contributed by atoms with Gasteiger partial charge in [0.05, 0.1) is 5.69 Å². The van der Waals surface area contributed by atoms with E-state index in [-0.39, 0.29) is 17.3 Å². The Balaban J connectivity index is 2.28. The second-order valence-corrected chi connectivity index (χ2v) is 7.25. The third-order valence-electron chi connectivity index (χ3n) is 4.72. The molecule has 1 N–H and O–H groups in total. The summed E-state index contributed by atoms with van der Waals surface area (Å²) >= 11 is 0. The first kappa shape index (κ1) is 16.3. The van der Waals surface area contributed by atoms with E-state index in [4.69, 9.17) is 0 Å². The van der Waals surface area contributed by atoms with Gasteiger partial charge in [-0.05, 0) is 42.9 Å². The van der Waals surface area contributed by atoms with Crippen LogP contribution in [0.25, 0.3) is 0 Å². The van der Waals surface area contributed by atoms with Crippen LogP contribution in [0.4, 0.5) is 10.1 Å². The van der Waals surface area contributed by atoms with Crippen LogP contribution in [0, 0.1) is 17.2 Å². The molecule has 0 aliphatic carbocycles. The molecule has 21 heavy (non-hydrogen) atoms. The van der Waals surface area contributed by atoms with Gasteiger partial charge in [-0.3, -0.25) is 0 Å². The lowest BCUT2D eigenvalue weighted by Gasteiger charge is -2.29. The normalized spacial score (nSPS) is 20.9. The average Bonchev–Trinajstić information content (AvgIpc) is 2.87. The molecule has 0 amide bonds. The van der Waals surface area contributed by atoms with Crippen LogP contribution in [-0.4, -0.2) is 19.6 Å². The highest BCUT2D eigenvalue weighted by Crippen LogP contribution is 2.38. The SMILES string of the molecule is CCNC(C)c1cccc(F)c1N1CCC(C(C)(C)C)C1. The van der Waals surface area contributed by atoms with E-state index in [1.54, 1.807) is 6.07 Å². The zero-order valence-electron chi connectivity index (χ0n) is 14.0. The number of hydrogen-bond acceptors (Lipinski definition) is 2. The van der Waals surface area contributed by atoms with Crippen molar-refractivity contribution in [2.75, 3.05) is 24.5 Å². The summed E-state index contributed by atoms with van der Waals surface area (Å²) in [6.07, 6.45) is 1.15. The Hall–Kier alpha value is -1.09. The molecule has 3 heteroatoms. The van der Waals surface area contributed by atoms with E-state index in [9.17, 15) is 4.39 Å². The second-order valence-electron chi connectivity index (χ2n) is 7.25. The van der Waals surface area contributed by atoms with Gasteiger partial charge in [-0.2, -0.15) is 0 Å². The van der Waals surface area contributed by atoms with E-state index in [1.807, 2.05) is 6.07 Å². The zero-order chi connectivity index (χ0) is 15.6. The minimum atomic E-state index is -0.0909. The van der Waals surface area contributed by atoms with Gasteiger partial charge in [-0.25, -0.2) is 4.39 Å². The molecule has 118 valence electrons. The Kier molecular flexibility index (Phi) is 4.92. The second kappa shape index (κ2) is 6.35. The molecule has 2 unspecified atom stereocenters. The molecule has 1 fully saturated rings. The molecule has 0 bridgehead atoms. The molecule has 0 spiro atoms. The summed E-state index contributed by atoms with van der Waals surface area (Å²) in [6, 6.07) is 5.63. The number of rotatable bonds is 4. The molecule has 1 aliphatic heterocycles. The summed E-state index contributed by atoms with van der Waals surface area (Å²) in [5.41, 5.74) is 2.16. The van der Waals surface area contributed by atoms with Crippen LogP contribution in [0.2, 0.25) is 0 Å². The monoisotopic (exact) mass is 292 g/mol. The highest BCUT2D eigenvalue weighted by molar-refractivity contribution is 5.57. The fraction of sp³-hybridized carbons (Fsp3) is 0.667. The van der Waals surface area contributed by atoms with Crippen LogP contribution < -0.4 is 10.2 Å². The molecule has 1 aromatic rings. The van der Waals surface area contributed by atoms with Crippen LogP contribution in [0.15, 0.2) is 18.2 Å². The van der Waals surface area contributed by atoms with Crippen molar-refractivity contribution in [3.63, 3.8) is 0 Å². The van der Waals surface area contributed by atoms with Gasteiger partial charge >= 0.3 is 0 Å². The Morgan fingerprint density at radius 1 is 1.38 bits per heavy atom. The molecule has 2 rings (SSSR count). The summed E-state index contributed by atoms with van der Waals surface area (Å²) in [5, 5.41) is 3.40. The number of anilines is 1. The minimum Gasteiger partial charge on any atom is -0.369 e. The number of nitrogens with zero attached hydrogens (tertiary/aromatic N) is 1. The number of halogens is 1.